The van der Waals surface area contributed by atoms with Gasteiger partial charge in [0.05, 0.1) is 18.6 Å². The monoisotopic (exact) mass is 320 g/mol. The highest BCUT2D eigenvalue weighted by molar-refractivity contribution is 5.97. The third-order valence-corrected chi connectivity index (χ3v) is 4.78. The van der Waals surface area contributed by atoms with E-state index in [-0.39, 0.29) is 5.56 Å². The molecule has 1 fully saturated rings. The maximum atomic E-state index is 12.8. The first kappa shape index (κ1) is 13.7. The molecule has 6 heteroatoms. The van der Waals surface area contributed by atoms with E-state index >= 15 is 0 Å². The highest BCUT2D eigenvalue weighted by Gasteiger charge is 2.24. The summed E-state index contributed by atoms with van der Waals surface area (Å²) in [6.45, 7) is 2.74. The van der Waals surface area contributed by atoms with E-state index in [2.05, 4.69) is 27.1 Å². The summed E-state index contributed by atoms with van der Waals surface area (Å²) in [7, 11) is 0. The lowest BCUT2D eigenvalue weighted by Gasteiger charge is -2.27. The van der Waals surface area contributed by atoms with E-state index < -0.39 is 0 Å². The van der Waals surface area contributed by atoms with Crippen LogP contribution in [0.15, 0.2) is 35.3 Å². The van der Waals surface area contributed by atoms with Gasteiger partial charge in [-0.2, -0.15) is 4.98 Å². The van der Waals surface area contributed by atoms with Crippen molar-refractivity contribution in [2.45, 2.75) is 6.42 Å². The van der Waals surface area contributed by atoms with Crippen molar-refractivity contribution in [3.05, 3.63) is 51.9 Å². The summed E-state index contributed by atoms with van der Waals surface area (Å²) in [6.07, 6.45) is 2.67. The average Bonchev–Trinajstić information content (AvgIpc) is 3.01. The second-order valence-corrected chi connectivity index (χ2v) is 6.18. The zero-order valence-corrected chi connectivity index (χ0v) is 13.1. The minimum Gasteiger partial charge on any atom is -0.378 e. The molecule has 2 aromatic heterocycles. The fourth-order valence-corrected chi connectivity index (χ4v) is 3.62. The number of nitrogens with zero attached hydrogens (tertiary/aromatic N) is 3. The fraction of sp³-hybridized carbons (Fsp3) is 0.278. The number of fused-ring (bicyclic) bond motifs is 5. The molecule has 1 aliphatic carbocycles. The van der Waals surface area contributed by atoms with E-state index in [0.717, 1.165) is 36.2 Å². The van der Waals surface area contributed by atoms with Crippen LogP contribution < -0.4 is 10.5 Å². The van der Waals surface area contributed by atoms with Crippen LogP contribution in [0.5, 0.6) is 0 Å². The molecule has 0 amide bonds. The van der Waals surface area contributed by atoms with Gasteiger partial charge in [-0.25, -0.2) is 4.98 Å². The van der Waals surface area contributed by atoms with Crippen molar-refractivity contribution in [2.24, 2.45) is 0 Å². The molecule has 0 radical (unpaired) electrons. The molecule has 3 heterocycles. The van der Waals surface area contributed by atoms with Gasteiger partial charge in [-0.3, -0.25) is 9.78 Å². The van der Waals surface area contributed by atoms with Gasteiger partial charge in [0.15, 0.2) is 5.65 Å². The normalized spacial score (nSPS) is 16.2. The SMILES string of the molecule is O=c1[nH]c(N2CCOCC2)nc2ncc3c(c12)-c1ccccc1C3. The average molecular weight is 320 g/mol. The number of hydrogen-bond acceptors (Lipinski definition) is 5. The van der Waals surface area contributed by atoms with Crippen LogP contribution in [0.1, 0.15) is 11.1 Å². The number of rotatable bonds is 1. The second-order valence-electron chi connectivity index (χ2n) is 6.18. The van der Waals surface area contributed by atoms with Crippen LogP contribution in [0.2, 0.25) is 0 Å². The number of nitrogens with one attached hydrogen (secondary N) is 1. The van der Waals surface area contributed by atoms with Crippen LogP contribution in [0.25, 0.3) is 22.2 Å². The van der Waals surface area contributed by atoms with E-state index in [1.54, 1.807) is 0 Å². The number of aromatic nitrogens is 3. The van der Waals surface area contributed by atoms with Gasteiger partial charge in [0, 0.05) is 31.3 Å². The Morgan fingerprint density at radius 2 is 1.96 bits per heavy atom. The Bertz CT molecular complexity index is 1010. The Morgan fingerprint density at radius 3 is 2.83 bits per heavy atom. The van der Waals surface area contributed by atoms with E-state index in [9.17, 15) is 4.79 Å². The standard InChI is InChI=1S/C18H16N4O2/c23-17-15-14-12(9-11-3-1-2-4-13(11)14)10-19-16(15)20-18(21-17)22-5-7-24-8-6-22/h1-4,10H,5-9H2,(H,19,20,21,23). The summed E-state index contributed by atoms with van der Waals surface area (Å²) in [6, 6.07) is 8.20. The van der Waals surface area contributed by atoms with Gasteiger partial charge in [-0.05, 0) is 16.7 Å². The van der Waals surface area contributed by atoms with Crippen molar-refractivity contribution in [1.29, 1.82) is 0 Å². The van der Waals surface area contributed by atoms with E-state index in [4.69, 9.17) is 4.74 Å². The summed E-state index contributed by atoms with van der Waals surface area (Å²) in [5.41, 5.74) is 4.82. The lowest BCUT2D eigenvalue weighted by Crippen LogP contribution is -2.38. The third kappa shape index (κ3) is 1.96. The molecule has 0 unspecified atom stereocenters. The molecule has 0 atom stereocenters. The first-order valence-electron chi connectivity index (χ1n) is 8.14. The molecule has 1 N–H and O–H groups in total. The zero-order valence-electron chi connectivity index (χ0n) is 13.1. The fourth-order valence-electron chi connectivity index (χ4n) is 3.62. The number of anilines is 1. The molecule has 0 bridgehead atoms. The van der Waals surface area contributed by atoms with Crippen LogP contribution >= 0.6 is 0 Å². The van der Waals surface area contributed by atoms with Crippen molar-refractivity contribution in [3.8, 4) is 11.1 Å². The van der Waals surface area contributed by atoms with Crippen molar-refractivity contribution in [2.75, 3.05) is 31.2 Å². The van der Waals surface area contributed by atoms with Gasteiger partial charge in [-0.15, -0.1) is 0 Å². The van der Waals surface area contributed by atoms with Crippen molar-refractivity contribution >= 4 is 17.0 Å². The molecule has 1 saturated heterocycles. The van der Waals surface area contributed by atoms with Crippen molar-refractivity contribution in [3.63, 3.8) is 0 Å². The van der Waals surface area contributed by atoms with Gasteiger partial charge in [-0.1, -0.05) is 24.3 Å². The molecule has 6 nitrogen and oxygen atoms in total. The van der Waals surface area contributed by atoms with Gasteiger partial charge in [0.2, 0.25) is 5.95 Å². The maximum absolute atomic E-state index is 12.8. The molecule has 3 aromatic rings. The van der Waals surface area contributed by atoms with Crippen LogP contribution in [0.3, 0.4) is 0 Å². The Hall–Kier alpha value is -2.73. The molecule has 5 rings (SSSR count). The predicted octanol–water partition coefficient (Wildman–Crippen LogP) is 1.73. The summed E-state index contributed by atoms with van der Waals surface area (Å²) in [4.78, 5) is 26.9. The van der Waals surface area contributed by atoms with Crippen LogP contribution in [0, 0.1) is 0 Å². The molecule has 1 aromatic carbocycles. The number of pyridine rings is 1. The smallest absolute Gasteiger partial charge is 0.262 e. The number of H-pyrrole nitrogens is 1. The number of ether oxygens (including phenoxy) is 1. The number of benzene rings is 1. The molecule has 120 valence electrons. The van der Waals surface area contributed by atoms with Gasteiger partial charge in [0.1, 0.15) is 0 Å². The molecule has 1 aliphatic heterocycles. The Labute approximate surface area is 138 Å². The highest BCUT2D eigenvalue weighted by atomic mass is 16.5. The minimum atomic E-state index is -0.123. The summed E-state index contributed by atoms with van der Waals surface area (Å²) in [5.74, 6) is 0.578. The largest absolute Gasteiger partial charge is 0.378 e. The summed E-state index contributed by atoms with van der Waals surface area (Å²) >= 11 is 0. The van der Waals surface area contributed by atoms with E-state index in [0.29, 0.717) is 30.2 Å². The third-order valence-electron chi connectivity index (χ3n) is 4.78. The van der Waals surface area contributed by atoms with Crippen LogP contribution in [0.4, 0.5) is 5.95 Å². The first-order chi connectivity index (χ1) is 11.8. The second kappa shape index (κ2) is 5.14. The van der Waals surface area contributed by atoms with Crippen LogP contribution in [-0.4, -0.2) is 41.3 Å². The quantitative estimate of drug-likeness (QED) is 0.578. The van der Waals surface area contributed by atoms with E-state index in [1.165, 1.54) is 5.56 Å². The maximum Gasteiger partial charge on any atom is 0.262 e. The number of hydrogen-bond donors (Lipinski definition) is 1. The summed E-state index contributed by atoms with van der Waals surface area (Å²) < 4.78 is 5.36. The molecule has 2 aliphatic rings. The van der Waals surface area contributed by atoms with Crippen molar-refractivity contribution in [1.82, 2.24) is 15.0 Å². The summed E-state index contributed by atoms with van der Waals surface area (Å²) in [5, 5.41) is 0.592. The van der Waals surface area contributed by atoms with Crippen molar-refractivity contribution < 1.29 is 4.74 Å². The highest BCUT2D eigenvalue weighted by Crippen LogP contribution is 2.38. The zero-order chi connectivity index (χ0) is 16.1. The van der Waals surface area contributed by atoms with Gasteiger partial charge < -0.3 is 9.64 Å². The molecule has 0 saturated carbocycles. The predicted molar refractivity (Wildman–Crippen MR) is 91.4 cm³/mol. The number of aromatic amines is 1. The van der Waals surface area contributed by atoms with E-state index in [1.807, 2.05) is 23.2 Å². The van der Waals surface area contributed by atoms with Gasteiger partial charge in [0.25, 0.3) is 5.56 Å². The molecule has 0 spiro atoms. The number of morpholine rings is 1. The Morgan fingerprint density at radius 1 is 1.12 bits per heavy atom. The van der Waals surface area contributed by atoms with Gasteiger partial charge >= 0.3 is 0 Å². The van der Waals surface area contributed by atoms with Crippen LogP contribution in [-0.2, 0) is 11.2 Å². The lowest BCUT2D eigenvalue weighted by molar-refractivity contribution is 0.122. The Kier molecular flexibility index (Phi) is 2.93. The molecular weight excluding hydrogens is 304 g/mol. The topological polar surface area (TPSA) is 71.1 Å². The lowest BCUT2D eigenvalue weighted by atomic mass is 10.0. The molecule has 24 heavy (non-hydrogen) atoms. The Balaban J connectivity index is 1.73. The minimum absolute atomic E-state index is 0.123. The first-order valence-corrected chi connectivity index (χ1v) is 8.14. The molecular formula is C18H16N4O2.